The number of nitrogens with one attached hydrogen (secondary N) is 1. The smallest absolute Gasteiger partial charge is 0.123 e. The van der Waals surface area contributed by atoms with Crippen LogP contribution in [0.3, 0.4) is 0 Å². The van der Waals surface area contributed by atoms with Gasteiger partial charge in [-0.05, 0) is 57.0 Å². The van der Waals surface area contributed by atoms with E-state index in [1.807, 2.05) is 18.2 Å². The van der Waals surface area contributed by atoms with Crippen molar-refractivity contribution in [2.75, 3.05) is 19.6 Å². The standard InChI is InChI=1S/C17H25ClN2O/c1-12(2)20(10-15-4-3-7-19-15)11-16-9-13-8-14(18)5-6-17(13)21-16/h5-6,8,12,15-16,19H,3-4,7,9-11H2,1-2H3. The molecule has 0 aromatic heterocycles. The Bertz CT molecular complexity index is 486. The third-order valence-electron chi connectivity index (χ3n) is 4.55. The molecule has 116 valence electrons. The van der Waals surface area contributed by atoms with Crippen LogP contribution in [0.5, 0.6) is 5.75 Å². The van der Waals surface area contributed by atoms with Crippen LogP contribution in [-0.2, 0) is 6.42 Å². The molecule has 0 saturated carbocycles. The van der Waals surface area contributed by atoms with Gasteiger partial charge in [0.25, 0.3) is 0 Å². The first-order valence-electron chi connectivity index (χ1n) is 8.04. The van der Waals surface area contributed by atoms with Crippen LogP contribution in [0.2, 0.25) is 5.02 Å². The molecule has 2 heterocycles. The first-order chi connectivity index (χ1) is 10.1. The minimum Gasteiger partial charge on any atom is -0.488 e. The van der Waals surface area contributed by atoms with E-state index in [0.29, 0.717) is 12.1 Å². The largest absolute Gasteiger partial charge is 0.488 e. The van der Waals surface area contributed by atoms with E-state index in [0.717, 1.165) is 30.3 Å². The van der Waals surface area contributed by atoms with E-state index in [2.05, 4.69) is 24.1 Å². The maximum absolute atomic E-state index is 6.09. The number of benzene rings is 1. The summed E-state index contributed by atoms with van der Waals surface area (Å²) in [5.41, 5.74) is 1.25. The maximum atomic E-state index is 6.09. The number of hydrogen-bond acceptors (Lipinski definition) is 3. The van der Waals surface area contributed by atoms with Gasteiger partial charge < -0.3 is 10.1 Å². The normalized spacial score (nSPS) is 24.6. The van der Waals surface area contributed by atoms with E-state index in [9.17, 15) is 0 Å². The van der Waals surface area contributed by atoms with Crippen LogP contribution >= 0.6 is 11.6 Å². The van der Waals surface area contributed by atoms with Gasteiger partial charge >= 0.3 is 0 Å². The lowest BCUT2D eigenvalue weighted by Crippen LogP contribution is -2.45. The molecule has 1 aromatic carbocycles. The molecule has 4 heteroatoms. The fourth-order valence-corrected chi connectivity index (χ4v) is 3.54. The molecule has 2 unspecified atom stereocenters. The lowest BCUT2D eigenvalue weighted by Gasteiger charge is -2.31. The second-order valence-corrected chi connectivity index (χ2v) is 6.97. The van der Waals surface area contributed by atoms with E-state index in [-0.39, 0.29) is 6.10 Å². The Labute approximate surface area is 132 Å². The SMILES string of the molecule is CC(C)N(CC1CCCN1)CC1Cc2cc(Cl)ccc2O1. The van der Waals surface area contributed by atoms with E-state index in [1.54, 1.807) is 0 Å². The fourth-order valence-electron chi connectivity index (χ4n) is 3.34. The molecule has 0 aliphatic carbocycles. The molecule has 2 aliphatic heterocycles. The molecule has 2 aliphatic rings. The van der Waals surface area contributed by atoms with Crippen molar-refractivity contribution in [3.63, 3.8) is 0 Å². The van der Waals surface area contributed by atoms with Gasteiger partial charge in [-0.2, -0.15) is 0 Å². The monoisotopic (exact) mass is 308 g/mol. The van der Waals surface area contributed by atoms with Crippen LogP contribution in [0, 0.1) is 0 Å². The second-order valence-electron chi connectivity index (χ2n) is 6.54. The Morgan fingerprint density at radius 3 is 2.95 bits per heavy atom. The zero-order valence-corrected chi connectivity index (χ0v) is 13.7. The van der Waals surface area contributed by atoms with Gasteiger partial charge in [-0.15, -0.1) is 0 Å². The Balaban J connectivity index is 1.59. The van der Waals surface area contributed by atoms with Crippen molar-refractivity contribution in [2.24, 2.45) is 0 Å². The van der Waals surface area contributed by atoms with Crippen molar-refractivity contribution in [1.29, 1.82) is 0 Å². The molecule has 0 spiro atoms. The number of rotatable bonds is 5. The van der Waals surface area contributed by atoms with Crippen LogP contribution in [0.25, 0.3) is 0 Å². The summed E-state index contributed by atoms with van der Waals surface area (Å²) in [5.74, 6) is 1.01. The van der Waals surface area contributed by atoms with Crippen molar-refractivity contribution in [2.45, 2.75) is 51.3 Å². The molecule has 1 N–H and O–H groups in total. The third kappa shape index (κ3) is 3.71. The van der Waals surface area contributed by atoms with Gasteiger partial charge in [0.15, 0.2) is 0 Å². The van der Waals surface area contributed by atoms with E-state index >= 15 is 0 Å². The number of hydrogen-bond donors (Lipinski definition) is 1. The zero-order valence-electron chi connectivity index (χ0n) is 12.9. The summed E-state index contributed by atoms with van der Waals surface area (Å²) in [5, 5.41) is 4.39. The lowest BCUT2D eigenvalue weighted by atomic mass is 10.1. The average molecular weight is 309 g/mol. The summed E-state index contributed by atoms with van der Waals surface area (Å²) in [6, 6.07) is 7.13. The maximum Gasteiger partial charge on any atom is 0.123 e. The minimum atomic E-state index is 0.252. The van der Waals surface area contributed by atoms with Crippen molar-refractivity contribution in [1.82, 2.24) is 10.2 Å². The van der Waals surface area contributed by atoms with Gasteiger partial charge in [-0.25, -0.2) is 0 Å². The molecule has 0 bridgehead atoms. The number of halogens is 1. The van der Waals surface area contributed by atoms with Crippen molar-refractivity contribution in [3.05, 3.63) is 28.8 Å². The summed E-state index contributed by atoms with van der Waals surface area (Å²) >= 11 is 6.07. The molecule has 1 aromatic rings. The van der Waals surface area contributed by atoms with Gasteiger partial charge in [0.05, 0.1) is 0 Å². The molecular weight excluding hydrogens is 284 g/mol. The van der Waals surface area contributed by atoms with Gasteiger partial charge in [0.2, 0.25) is 0 Å². The van der Waals surface area contributed by atoms with Crippen molar-refractivity contribution in [3.8, 4) is 5.75 Å². The Morgan fingerprint density at radius 2 is 2.24 bits per heavy atom. The highest BCUT2D eigenvalue weighted by Gasteiger charge is 2.27. The molecule has 0 amide bonds. The predicted octanol–water partition coefficient (Wildman–Crippen LogP) is 3.11. The number of nitrogens with zero attached hydrogens (tertiary/aromatic N) is 1. The molecule has 21 heavy (non-hydrogen) atoms. The predicted molar refractivity (Wildman–Crippen MR) is 87.3 cm³/mol. The Morgan fingerprint density at radius 1 is 1.38 bits per heavy atom. The van der Waals surface area contributed by atoms with Crippen molar-refractivity contribution < 1.29 is 4.74 Å². The Hall–Kier alpha value is -0.770. The highest BCUT2D eigenvalue weighted by atomic mass is 35.5. The molecular formula is C17H25ClN2O. The van der Waals surface area contributed by atoms with Gasteiger partial charge in [0, 0.05) is 36.6 Å². The highest BCUT2D eigenvalue weighted by Crippen LogP contribution is 2.31. The van der Waals surface area contributed by atoms with Gasteiger partial charge in [0.1, 0.15) is 11.9 Å². The van der Waals surface area contributed by atoms with E-state index in [1.165, 1.54) is 24.9 Å². The third-order valence-corrected chi connectivity index (χ3v) is 4.78. The van der Waals surface area contributed by atoms with E-state index in [4.69, 9.17) is 16.3 Å². The second kappa shape index (κ2) is 6.55. The number of fused-ring (bicyclic) bond motifs is 1. The molecule has 1 fully saturated rings. The lowest BCUT2D eigenvalue weighted by molar-refractivity contribution is 0.120. The summed E-state index contributed by atoms with van der Waals surface area (Å²) < 4.78 is 6.09. The van der Waals surface area contributed by atoms with Crippen molar-refractivity contribution >= 4 is 11.6 Å². The first-order valence-corrected chi connectivity index (χ1v) is 8.42. The van der Waals surface area contributed by atoms with Gasteiger partial charge in [-0.3, -0.25) is 4.90 Å². The van der Waals surface area contributed by atoms with Crippen LogP contribution < -0.4 is 10.1 Å². The van der Waals surface area contributed by atoms with Crippen LogP contribution in [0.15, 0.2) is 18.2 Å². The summed E-state index contributed by atoms with van der Waals surface area (Å²) in [6.07, 6.45) is 3.82. The minimum absolute atomic E-state index is 0.252. The summed E-state index contributed by atoms with van der Waals surface area (Å²) in [4.78, 5) is 2.54. The summed E-state index contributed by atoms with van der Waals surface area (Å²) in [7, 11) is 0. The Kier molecular flexibility index (Phi) is 4.72. The fraction of sp³-hybridized carbons (Fsp3) is 0.647. The van der Waals surface area contributed by atoms with E-state index < -0.39 is 0 Å². The highest BCUT2D eigenvalue weighted by molar-refractivity contribution is 6.30. The quantitative estimate of drug-likeness (QED) is 0.904. The molecule has 3 nitrogen and oxygen atoms in total. The van der Waals surface area contributed by atoms with Gasteiger partial charge in [-0.1, -0.05) is 11.6 Å². The molecule has 2 atom stereocenters. The molecule has 0 radical (unpaired) electrons. The molecule has 3 rings (SSSR count). The average Bonchev–Trinajstić information content (AvgIpc) is 3.06. The van der Waals surface area contributed by atoms with Crippen LogP contribution in [0.1, 0.15) is 32.3 Å². The zero-order chi connectivity index (χ0) is 14.8. The molecule has 1 saturated heterocycles. The summed E-state index contributed by atoms with van der Waals surface area (Å²) in [6.45, 7) is 7.82. The van der Waals surface area contributed by atoms with Crippen LogP contribution in [0.4, 0.5) is 0 Å². The van der Waals surface area contributed by atoms with Crippen LogP contribution in [-0.4, -0.2) is 42.7 Å². The first kappa shape index (κ1) is 15.1. The number of ether oxygens (including phenoxy) is 1. The topological polar surface area (TPSA) is 24.5 Å².